The van der Waals surface area contributed by atoms with Gasteiger partial charge in [0.2, 0.25) is 0 Å². The predicted molar refractivity (Wildman–Crippen MR) is 112 cm³/mol. The van der Waals surface area contributed by atoms with E-state index in [1.165, 1.54) is 19.1 Å². The molecule has 0 bridgehead atoms. The molecule has 3 rings (SSSR count). The second-order valence-electron chi connectivity index (χ2n) is 7.07. The number of aliphatic hydroxyl groups excluding tert-OH is 1. The number of benzene rings is 1. The smallest absolute Gasteiger partial charge is 0.337 e. The molecule has 1 aromatic rings. The van der Waals surface area contributed by atoms with E-state index in [0.29, 0.717) is 43.5 Å². The summed E-state index contributed by atoms with van der Waals surface area (Å²) in [5, 5.41) is 12.1. The molecule has 2 aliphatic rings. The quantitative estimate of drug-likeness (QED) is 0.485. The molecule has 11 heteroatoms. The summed E-state index contributed by atoms with van der Waals surface area (Å²) in [6, 6.07) is 4.84. The van der Waals surface area contributed by atoms with E-state index in [-0.39, 0.29) is 43.5 Å². The molecule has 0 radical (unpaired) electrons. The van der Waals surface area contributed by atoms with Crippen molar-refractivity contribution in [2.24, 2.45) is 0 Å². The van der Waals surface area contributed by atoms with Crippen molar-refractivity contribution >= 4 is 23.5 Å². The van der Waals surface area contributed by atoms with Gasteiger partial charge in [0, 0.05) is 31.4 Å². The molecule has 174 valence electrons. The SMILES string of the molecule is COC(=O)C1=C(Nc2ccc(OCC(=O)N3CCOCC3)c(OC)c2)C(=O)N(CCO)C1. The van der Waals surface area contributed by atoms with Gasteiger partial charge in [-0.3, -0.25) is 9.59 Å². The Morgan fingerprint density at radius 3 is 2.59 bits per heavy atom. The third-order valence-electron chi connectivity index (χ3n) is 5.10. The van der Waals surface area contributed by atoms with E-state index in [4.69, 9.17) is 24.1 Å². The predicted octanol–water partition coefficient (Wildman–Crippen LogP) is -0.394. The molecule has 0 aliphatic carbocycles. The Morgan fingerprint density at radius 2 is 1.94 bits per heavy atom. The number of morpholine rings is 1. The molecule has 0 aromatic heterocycles. The van der Waals surface area contributed by atoms with E-state index >= 15 is 0 Å². The first-order chi connectivity index (χ1) is 15.5. The summed E-state index contributed by atoms with van der Waals surface area (Å²) in [5.74, 6) is -0.486. The highest BCUT2D eigenvalue weighted by Crippen LogP contribution is 2.32. The van der Waals surface area contributed by atoms with Crippen molar-refractivity contribution in [3.63, 3.8) is 0 Å². The van der Waals surface area contributed by atoms with Crippen LogP contribution < -0.4 is 14.8 Å². The Bertz CT molecular complexity index is 895. The average molecular weight is 449 g/mol. The van der Waals surface area contributed by atoms with Crippen molar-refractivity contribution in [1.82, 2.24) is 9.80 Å². The van der Waals surface area contributed by atoms with Crippen LogP contribution in [0.25, 0.3) is 0 Å². The summed E-state index contributed by atoms with van der Waals surface area (Å²) >= 11 is 0. The van der Waals surface area contributed by atoms with Gasteiger partial charge in [-0.15, -0.1) is 0 Å². The molecule has 0 atom stereocenters. The number of hydrogen-bond donors (Lipinski definition) is 2. The van der Waals surface area contributed by atoms with Crippen molar-refractivity contribution < 1.29 is 38.4 Å². The normalized spacial score (nSPS) is 16.3. The number of hydrogen-bond acceptors (Lipinski definition) is 9. The maximum atomic E-state index is 12.7. The van der Waals surface area contributed by atoms with E-state index in [1.54, 1.807) is 23.1 Å². The number of ether oxygens (including phenoxy) is 4. The van der Waals surface area contributed by atoms with Gasteiger partial charge in [-0.05, 0) is 12.1 Å². The molecule has 2 aliphatic heterocycles. The number of β-amino-alcohol motifs (C(OH)–C–C–N with tert-alkyl or cyclic N) is 1. The highest BCUT2D eigenvalue weighted by atomic mass is 16.5. The number of anilines is 1. The van der Waals surface area contributed by atoms with Crippen LogP contribution in [0.4, 0.5) is 5.69 Å². The number of nitrogens with one attached hydrogen (secondary N) is 1. The lowest BCUT2D eigenvalue weighted by Crippen LogP contribution is -2.43. The lowest BCUT2D eigenvalue weighted by molar-refractivity contribution is -0.137. The number of rotatable bonds is 9. The Kier molecular flexibility index (Phi) is 7.90. The van der Waals surface area contributed by atoms with Crippen LogP contribution >= 0.6 is 0 Å². The van der Waals surface area contributed by atoms with Crippen LogP contribution in [0.15, 0.2) is 29.5 Å². The molecule has 2 N–H and O–H groups in total. The minimum absolute atomic E-state index is 0.0381. The second-order valence-corrected chi connectivity index (χ2v) is 7.07. The van der Waals surface area contributed by atoms with Gasteiger partial charge in [-0.1, -0.05) is 0 Å². The van der Waals surface area contributed by atoms with Gasteiger partial charge in [-0.25, -0.2) is 4.79 Å². The standard InChI is InChI=1S/C21H27N3O8/c1-29-17-11-14(3-4-16(17)32-13-18(26)23-6-9-31-10-7-23)22-19-15(21(28)30-2)12-24(5-8-25)20(19)27/h3-4,11,22,25H,5-10,12-13H2,1-2H3. The fourth-order valence-electron chi connectivity index (χ4n) is 3.40. The molecule has 11 nitrogen and oxygen atoms in total. The Morgan fingerprint density at radius 1 is 1.19 bits per heavy atom. The zero-order valence-electron chi connectivity index (χ0n) is 18.1. The van der Waals surface area contributed by atoms with Gasteiger partial charge in [0.1, 0.15) is 5.70 Å². The summed E-state index contributed by atoms with van der Waals surface area (Å²) in [5.41, 5.74) is 0.717. The molecule has 2 amide bonds. The molecule has 0 spiro atoms. The van der Waals surface area contributed by atoms with Crippen molar-refractivity contribution in [1.29, 1.82) is 0 Å². The summed E-state index contributed by atoms with van der Waals surface area (Å²) in [4.78, 5) is 40.1. The lowest BCUT2D eigenvalue weighted by atomic mass is 10.2. The first kappa shape index (κ1) is 23.4. The van der Waals surface area contributed by atoms with E-state index in [0.717, 1.165) is 0 Å². The Hall–Kier alpha value is -3.31. The molecular formula is C21H27N3O8. The summed E-state index contributed by atoms with van der Waals surface area (Å²) in [7, 11) is 2.69. The molecule has 1 aromatic carbocycles. The molecule has 1 saturated heterocycles. The molecule has 0 saturated carbocycles. The molecule has 2 heterocycles. The number of carbonyl (C=O) groups is 3. The van der Waals surface area contributed by atoms with Crippen LogP contribution in [0.5, 0.6) is 11.5 Å². The highest BCUT2D eigenvalue weighted by Gasteiger charge is 2.34. The maximum absolute atomic E-state index is 12.7. The molecular weight excluding hydrogens is 422 g/mol. The number of aliphatic hydroxyl groups is 1. The van der Waals surface area contributed by atoms with E-state index < -0.39 is 11.9 Å². The number of amides is 2. The van der Waals surface area contributed by atoms with Crippen molar-refractivity contribution in [3.8, 4) is 11.5 Å². The third-order valence-corrected chi connectivity index (χ3v) is 5.10. The molecule has 1 fully saturated rings. The molecule has 0 unspecified atom stereocenters. The maximum Gasteiger partial charge on any atom is 0.337 e. The van der Waals surface area contributed by atoms with Gasteiger partial charge in [-0.2, -0.15) is 0 Å². The van der Waals surface area contributed by atoms with Crippen LogP contribution in [0, 0.1) is 0 Å². The fraction of sp³-hybridized carbons (Fsp3) is 0.476. The monoisotopic (exact) mass is 449 g/mol. The zero-order chi connectivity index (χ0) is 23.1. The Labute approximate surface area is 185 Å². The highest BCUT2D eigenvalue weighted by molar-refractivity contribution is 6.08. The van der Waals surface area contributed by atoms with Crippen molar-refractivity contribution in [3.05, 3.63) is 29.5 Å². The first-order valence-electron chi connectivity index (χ1n) is 10.1. The zero-order valence-corrected chi connectivity index (χ0v) is 18.1. The van der Waals surface area contributed by atoms with E-state index in [9.17, 15) is 14.4 Å². The van der Waals surface area contributed by atoms with Gasteiger partial charge in [0.05, 0.1) is 46.2 Å². The van der Waals surface area contributed by atoms with Crippen LogP contribution in [0.2, 0.25) is 0 Å². The number of methoxy groups -OCH3 is 2. The minimum Gasteiger partial charge on any atom is -0.493 e. The average Bonchev–Trinajstić information content (AvgIpc) is 3.13. The lowest BCUT2D eigenvalue weighted by Gasteiger charge is -2.26. The van der Waals surface area contributed by atoms with Gasteiger partial charge >= 0.3 is 5.97 Å². The van der Waals surface area contributed by atoms with Crippen LogP contribution in [0.3, 0.4) is 0 Å². The van der Waals surface area contributed by atoms with E-state index in [2.05, 4.69) is 5.32 Å². The summed E-state index contributed by atoms with van der Waals surface area (Å²) in [6.07, 6.45) is 0. The van der Waals surface area contributed by atoms with E-state index in [1.807, 2.05) is 0 Å². The van der Waals surface area contributed by atoms with Crippen molar-refractivity contribution in [2.45, 2.75) is 0 Å². The number of carbonyl (C=O) groups excluding carboxylic acids is 3. The first-order valence-corrected chi connectivity index (χ1v) is 10.1. The second kappa shape index (κ2) is 10.8. The molecule has 32 heavy (non-hydrogen) atoms. The van der Waals surface area contributed by atoms with Gasteiger partial charge in [0.25, 0.3) is 11.8 Å². The summed E-state index contributed by atoms with van der Waals surface area (Å²) < 4.78 is 21.0. The minimum atomic E-state index is -0.630. The topological polar surface area (TPSA) is 127 Å². The number of nitrogens with zero attached hydrogens (tertiary/aromatic N) is 2. The van der Waals surface area contributed by atoms with Crippen LogP contribution in [-0.4, -0.2) is 99.5 Å². The van der Waals surface area contributed by atoms with Crippen LogP contribution in [-0.2, 0) is 23.9 Å². The largest absolute Gasteiger partial charge is 0.493 e. The summed E-state index contributed by atoms with van der Waals surface area (Å²) in [6.45, 7) is 1.84. The van der Waals surface area contributed by atoms with Gasteiger partial charge < -0.3 is 39.2 Å². The fourth-order valence-corrected chi connectivity index (χ4v) is 3.40. The van der Waals surface area contributed by atoms with Gasteiger partial charge in [0.15, 0.2) is 18.1 Å². The Balaban J connectivity index is 1.72. The van der Waals surface area contributed by atoms with Crippen molar-refractivity contribution in [2.75, 3.05) is 72.1 Å². The third kappa shape index (κ3) is 5.29. The van der Waals surface area contributed by atoms with Crippen LogP contribution in [0.1, 0.15) is 0 Å². The number of esters is 1.